The van der Waals surface area contributed by atoms with Gasteiger partial charge in [0.1, 0.15) is 29.7 Å². The lowest BCUT2D eigenvalue weighted by Crippen LogP contribution is -2.24. The quantitative estimate of drug-likeness (QED) is 0.663. The molecule has 0 radical (unpaired) electrons. The van der Waals surface area contributed by atoms with Crippen LogP contribution in [0.4, 0.5) is 17.6 Å². The Labute approximate surface area is 156 Å². The van der Waals surface area contributed by atoms with Gasteiger partial charge in [-0.3, -0.25) is 4.90 Å². The number of likely N-dealkylation sites (tertiary alicyclic amines) is 1. The Morgan fingerprint density at radius 2 is 2.15 bits per heavy atom. The number of nitrogens with one attached hydrogen (secondary N) is 1. The third kappa shape index (κ3) is 4.12. The van der Waals surface area contributed by atoms with E-state index in [-0.39, 0.29) is 18.7 Å². The third-order valence-corrected chi connectivity index (χ3v) is 5.17. The SMILES string of the molecule is FC1CN(Cc2nccs2)CC1OCc1nc2ccc(C(F)(F)F)cc2[nH]1. The highest BCUT2D eigenvalue weighted by Crippen LogP contribution is 2.31. The summed E-state index contributed by atoms with van der Waals surface area (Å²) in [5, 5.41) is 2.79. The maximum atomic E-state index is 14.2. The Bertz CT molecular complexity index is 911. The van der Waals surface area contributed by atoms with Crippen molar-refractivity contribution in [1.82, 2.24) is 19.9 Å². The number of H-pyrrole nitrogens is 1. The Balaban J connectivity index is 1.38. The topological polar surface area (TPSA) is 54.0 Å². The number of imidazole rings is 1. The van der Waals surface area contributed by atoms with Gasteiger partial charge in [0.15, 0.2) is 0 Å². The summed E-state index contributed by atoms with van der Waals surface area (Å²) in [6, 6.07) is 3.30. The first-order chi connectivity index (χ1) is 12.9. The number of ether oxygens (including phenoxy) is 1. The Kier molecular flexibility index (Phi) is 4.87. The molecule has 0 amide bonds. The van der Waals surface area contributed by atoms with Crippen molar-refractivity contribution >= 4 is 22.4 Å². The molecule has 0 aliphatic carbocycles. The Morgan fingerprint density at radius 3 is 2.89 bits per heavy atom. The van der Waals surface area contributed by atoms with E-state index >= 15 is 0 Å². The minimum atomic E-state index is -4.41. The summed E-state index contributed by atoms with van der Waals surface area (Å²) in [4.78, 5) is 13.1. The summed E-state index contributed by atoms with van der Waals surface area (Å²) < 4.78 is 58.2. The smallest absolute Gasteiger partial charge is 0.366 e. The molecule has 4 rings (SSSR count). The van der Waals surface area contributed by atoms with Crippen LogP contribution in [0.5, 0.6) is 0 Å². The molecule has 2 unspecified atom stereocenters. The fourth-order valence-electron chi connectivity index (χ4n) is 3.11. The van der Waals surface area contributed by atoms with E-state index in [1.165, 1.54) is 17.4 Å². The summed E-state index contributed by atoms with van der Waals surface area (Å²) >= 11 is 1.52. The molecular formula is C17H16F4N4OS. The maximum absolute atomic E-state index is 14.2. The molecule has 1 aliphatic rings. The molecular weight excluding hydrogens is 384 g/mol. The number of alkyl halides is 4. The number of rotatable bonds is 5. The second-order valence-electron chi connectivity index (χ2n) is 6.40. The lowest BCUT2D eigenvalue weighted by atomic mass is 10.2. The molecule has 1 aromatic carbocycles. The molecule has 0 saturated carbocycles. The third-order valence-electron chi connectivity index (χ3n) is 4.41. The summed E-state index contributed by atoms with van der Waals surface area (Å²) in [5.74, 6) is 0.370. The average Bonchev–Trinajstić information content (AvgIpc) is 3.32. The van der Waals surface area contributed by atoms with Gasteiger partial charge in [-0.2, -0.15) is 13.2 Å². The van der Waals surface area contributed by atoms with Crippen LogP contribution in [0.25, 0.3) is 11.0 Å². The number of benzene rings is 1. The largest absolute Gasteiger partial charge is 0.416 e. The molecule has 0 bridgehead atoms. The fourth-order valence-corrected chi connectivity index (χ4v) is 3.77. The van der Waals surface area contributed by atoms with Crippen LogP contribution in [0, 0.1) is 0 Å². The van der Waals surface area contributed by atoms with E-state index in [1.807, 2.05) is 10.3 Å². The number of fused-ring (bicyclic) bond motifs is 1. The maximum Gasteiger partial charge on any atom is 0.416 e. The zero-order valence-corrected chi connectivity index (χ0v) is 14.9. The molecule has 1 fully saturated rings. The van der Waals surface area contributed by atoms with E-state index in [1.54, 1.807) is 6.20 Å². The van der Waals surface area contributed by atoms with Gasteiger partial charge in [-0.25, -0.2) is 14.4 Å². The number of halogens is 4. The molecule has 1 aliphatic heterocycles. The van der Waals surface area contributed by atoms with Gasteiger partial charge in [0, 0.05) is 24.7 Å². The van der Waals surface area contributed by atoms with Crippen molar-refractivity contribution in [3.05, 3.63) is 46.2 Å². The number of nitrogens with zero attached hydrogens (tertiary/aromatic N) is 3. The van der Waals surface area contributed by atoms with E-state index in [4.69, 9.17) is 4.74 Å². The first-order valence-corrected chi connectivity index (χ1v) is 9.19. The standard InChI is InChI=1S/C17H16F4N4OS/c18-11-6-25(8-16-22-3-4-27-16)7-14(11)26-9-15-23-12-2-1-10(17(19,20)21)5-13(12)24-15/h1-5,11,14H,6-9H2,(H,23,24). The summed E-state index contributed by atoms with van der Waals surface area (Å²) in [6.07, 6.45) is -4.44. The zero-order valence-electron chi connectivity index (χ0n) is 14.0. The molecule has 2 aromatic heterocycles. The van der Waals surface area contributed by atoms with E-state index in [0.717, 1.165) is 17.1 Å². The molecule has 0 spiro atoms. The molecule has 1 saturated heterocycles. The van der Waals surface area contributed by atoms with Gasteiger partial charge < -0.3 is 9.72 Å². The van der Waals surface area contributed by atoms with Gasteiger partial charge in [0.05, 0.1) is 23.1 Å². The average molecular weight is 400 g/mol. The monoisotopic (exact) mass is 400 g/mol. The van der Waals surface area contributed by atoms with Gasteiger partial charge in [0.2, 0.25) is 0 Å². The molecule has 27 heavy (non-hydrogen) atoms. The van der Waals surface area contributed by atoms with Gasteiger partial charge >= 0.3 is 6.18 Å². The number of thiazole rings is 1. The van der Waals surface area contributed by atoms with Crippen LogP contribution in [0.2, 0.25) is 0 Å². The van der Waals surface area contributed by atoms with E-state index in [2.05, 4.69) is 15.0 Å². The predicted molar refractivity (Wildman–Crippen MR) is 92.0 cm³/mol. The van der Waals surface area contributed by atoms with Crippen LogP contribution in [-0.4, -0.2) is 45.2 Å². The normalized spacial score (nSPS) is 21.3. The van der Waals surface area contributed by atoms with E-state index in [9.17, 15) is 17.6 Å². The highest BCUT2D eigenvalue weighted by molar-refractivity contribution is 7.09. The fraction of sp³-hybridized carbons (Fsp3) is 0.412. The molecule has 1 N–H and O–H groups in total. The molecule has 5 nitrogen and oxygen atoms in total. The van der Waals surface area contributed by atoms with Crippen LogP contribution in [0.1, 0.15) is 16.4 Å². The molecule has 2 atom stereocenters. The van der Waals surface area contributed by atoms with Crippen molar-refractivity contribution in [3.8, 4) is 0 Å². The highest BCUT2D eigenvalue weighted by atomic mass is 32.1. The minimum absolute atomic E-state index is 0.00616. The minimum Gasteiger partial charge on any atom is -0.366 e. The van der Waals surface area contributed by atoms with Crippen LogP contribution in [-0.2, 0) is 24.1 Å². The summed E-state index contributed by atoms with van der Waals surface area (Å²) in [7, 11) is 0. The Hall–Kier alpha value is -2.04. The first kappa shape index (κ1) is 18.3. The van der Waals surface area contributed by atoms with Crippen molar-refractivity contribution in [2.75, 3.05) is 13.1 Å². The van der Waals surface area contributed by atoms with Gasteiger partial charge in [-0.05, 0) is 18.2 Å². The van der Waals surface area contributed by atoms with Crippen molar-refractivity contribution < 1.29 is 22.3 Å². The number of aromatic nitrogens is 3. The lowest BCUT2D eigenvalue weighted by Gasteiger charge is -2.14. The number of hydrogen-bond acceptors (Lipinski definition) is 5. The van der Waals surface area contributed by atoms with Gasteiger partial charge in [-0.15, -0.1) is 11.3 Å². The number of aromatic amines is 1. The Morgan fingerprint density at radius 1 is 1.30 bits per heavy atom. The van der Waals surface area contributed by atoms with Crippen molar-refractivity contribution in [1.29, 1.82) is 0 Å². The second kappa shape index (κ2) is 7.17. The van der Waals surface area contributed by atoms with Gasteiger partial charge in [-0.1, -0.05) is 0 Å². The molecule has 3 heterocycles. The first-order valence-electron chi connectivity index (χ1n) is 8.31. The van der Waals surface area contributed by atoms with Crippen LogP contribution < -0.4 is 0 Å². The molecule has 10 heteroatoms. The summed E-state index contributed by atoms with van der Waals surface area (Å²) in [5.41, 5.74) is -0.0594. The number of hydrogen-bond donors (Lipinski definition) is 1. The molecule has 3 aromatic rings. The van der Waals surface area contributed by atoms with Crippen LogP contribution in [0.3, 0.4) is 0 Å². The second-order valence-corrected chi connectivity index (χ2v) is 7.38. The van der Waals surface area contributed by atoms with Gasteiger partial charge in [0.25, 0.3) is 0 Å². The lowest BCUT2D eigenvalue weighted by molar-refractivity contribution is -0.137. The van der Waals surface area contributed by atoms with Crippen LogP contribution >= 0.6 is 11.3 Å². The predicted octanol–water partition coefficient (Wildman–Crippen LogP) is 3.78. The zero-order chi connectivity index (χ0) is 19.0. The van der Waals surface area contributed by atoms with E-state index in [0.29, 0.717) is 24.4 Å². The van der Waals surface area contributed by atoms with Crippen molar-refractivity contribution in [3.63, 3.8) is 0 Å². The highest BCUT2D eigenvalue weighted by Gasteiger charge is 2.34. The van der Waals surface area contributed by atoms with Crippen molar-refractivity contribution in [2.24, 2.45) is 0 Å². The molecule has 144 valence electrons. The summed E-state index contributed by atoms with van der Waals surface area (Å²) in [6.45, 7) is 1.27. The van der Waals surface area contributed by atoms with Crippen LogP contribution in [0.15, 0.2) is 29.8 Å². The van der Waals surface area contributed by atoms with Crippen molar-refractivity contribution in [2.45, 2.75) is 31.6 Å². The van der Waals surface area contributed by atoms with E-state index < -0.39 is 24.0 Å².